The molecule has 0 bridgehead atoms. The van der Waals surface area contributed by atoms with Crippen LogP contribution in [0.25, 0.3) is 0 Å². The van der Waals surface area contributed by atoms with Gasteiger partial charge >= 0.3 is 0 Å². The third-order valence-corrected chi connectivity index (χ3v) is 2.10. The van der Waals surface area contributed by atoms with Crippen LogP contribution in [-0.4, -0.2) is 11.8 Å². The van der Waals surface area contributed by atoms with Gasteiger partial charge in [0.05, 0.1) is 17.7 Å². The summed E-state index contributed by atoms with van der Waals surface area (Å²) in [6.45, 7) is 1.46. The first kappa shape index (κ1) is 10.4. The summed E-state index contributed by atoms with van der Waals surface area (Å²) in [5.74, 6) is -0.0576. The summed E-state index contributed by atoms with van der Waals surface area (Å²) in [6.07, 6.45) is 0.430. The number of rotatable bonds is 3. The van der Waals surface area contributed by atoms with Crippen LogP contribution in [0.4, 0.5) is 0 Å². The molecule has 3 nitrogen and oxygen atoms in total. The number of hydrogen-bond acceptors (Lipinski definition) is 3. The fourth-order valence-corrected chi connectivity index (χ4v) is 1.19. The highest BCUT2D eigenvalue weighted by Crippen LogP contribution is 2.09. The highest BCUT2D eigenvalue weighted by molar-refractivity contribution is 5.81. The Kier molecular flexibility index (Phi) is 3.38. The lowest BCUT2D eigenvalue weighted by Gasteiger charge is -2.08. The van der Waals surface area contributed by atoms with E-state index in [0.29, 0.717) is 12.0 Å². The van der Waals surface area contributed by atoms with Crippen LogP contribution in [0.15, 0.2) is 24.3 Å². The van der Waals surface area contributed by atoms with Crippen LogP contribution in [-0.2, 0) is 11.2 Å². The zero-order valence-corrected chi connectivity index (χ0v) is 8.03. The predicted molar refractivity (Wildman–Crippen MR) is 53.5 cm³/mol. The summed E-state index contributed by atoms with van der Waals surface area (Å²) in [5, 5.41) is 8.79. The molecule has 1 aromatic rings. The van der Waals surface area contributed by atoms with Gasteiger partial charge in [0.1, 0.15) is 5.78 Å². The molecule has 0 amide bonds. The molecule has 0 heterocycles. The van der Waals surface area contributed by atoms with Gasteiger partial charge in [0, 0.05) is 0 Å². The molecule has 1 rings (SSSR count). The van der Waals surface area contributed by atoms with Gasteiger partial charge in [-0.1, -0.05) is 18.2 Å². The van der Waals surface area contributed by atoms with Crippen LogP contribution in [0.1, 0.15) is 18.1 Å². The van der Waals surface area contributed by atoms with Gasteiger partial charge in [-0.3, -0.25) is 4.79 Å². The van der Waals surface area contributed by atoms with Crippen LogP contribution in [0.3, 0.4) is 0 Å². The molecule has 0 aromatic heterocycles. The largest absolute Gasteiger partial charge is 0.321 e. The average molecular weight is 188 g/mol. The molecule has 1 atom stereocenters. The number of carbonyl (C=O) groups excluding carboxylic acids is 1. The molecule has 72 valence electrons. The second kappa shape index (κ2) is 4.54. The van der Waals surface area contributed by atoms with Crippen molar-refractivity contribution in [2.75, 3.05) is 0 Å². The Bertz CT molecular complexity index is 379. The zero-order valence-electron chi connectivity index (χ0n) is 8.03. The molecule has 0 unspecified atom stereocenters. The predicted octanol–water partition coefficient (Wildman–Crippen LogP) is 1.02. The number of benzene rings is 1. The minimum atomic E-state index is -0.510. The quantitative estimate of drug-likeness (QED) is 0.770. The van der Waals surface area contributed by atoms with E-state index in [2.05, 4.69) is 6.07 Å². The molecular weight excluding hydrogens is 176 g/mol. The fourth-order valence-electron chi connectivity index (χ4n) is 1.19. The number of carbonyl (C=O) groups is 1. The number of nitriles is 1. The molecule has 14 heavy (non-hydrogen) atoms. The van der Waals surface area contributed by atoms with Gasteiger partial charge in [0.2, 0.25) is 0 Å². The van der Waals surface area contributed by atoms with Crippen LogP contribution in [0.2, 0.25) is 0 Å². The molecule has 0 saturated carbocycles. The van der Waals surface area contributed by atoms with E-state index in [9.17, 15) is 4.79 Å². The van der Waals surface area contributed by atoms with Crippen LogP contribution < -0.4 is 5.73 Å². The van der Waals surface area contributed by atoms with Crippen molar-refractivity contribution in [3.05, 3.63) is 35.4 Å². The molecule has 0 aliphatic rings. The highest BCUT2D eigenvalue weighted by atomic mass is 16.1. The smallest absolute Gasteiger partial charge is 0.146 e. The highest BCUT2D eigenvalue weighted by Gasteiger charge is 2.10. The number of ketones is 1. The zero-order chi connectivity index (χ0) is 10.6. The van der Waals surface area contributed by atoms with Crippen molar-refractivity contribution in [2.24, 2.45) is 5.73 Å². The van der Waals surface area contributed by atoms with Crippen molar-refractivity contribution in [1.29, 1.82) is 5.26 Å². The molecule has 2 N–H and O–H groups in total. The number of nitrogens with two attached hydrogens (primary N) is 1. The molecule has 0 aliphatic heterocycles. The van der Waals surface area contributed by atoms with Crippen molar-refractivity contribution in [1.82, 2.24) is 0 Å². The average Bonchev–Trinajstić information content (AvgIpc) is 2.18. The van der Waals surface area contributed by atoms with Gasteiger partial charge in [-0.2, -0.15) is 5.26 Å². The van der Waals surface area contributed by atoms with Crippen LogP contribution in [0, 0.1) is 11.3 Å². The Morgan fingerprint density at radius 2 is 2.21 bits per heavy atom. The Hall–Kier alpha value is -1.66. The first-order chi connectivity index (χ1) is 6.65. The first-order valence-electron chi connectivity index (χ1n) is 4.39. The Morgan fingerprint density at radius 1 is 1.57 bits per heavy atom. The maximum Gasteiger partial charge on any atom is 0.146 e. The van der Waals surface area contributed by atoms with E-state index >= 15 is 0 Å². The van der Waals surface area contributed by atoms with E-state index in [1.54, 1.807) is 12.1 Å². The van der Waals surface area contributed by atoms with Crippen LogP contribution in [0.5, 0.6) is 0 Å². The Labute approximate surface area is 83.2 Å². The molecule has 3 heteroatoms. The summed E-state index contributed by atoms with van der Waals surface area (Å²) in [7, 11) is 0. The van der Waals surface area contributed by atoms with E-state index in [0.717, 1.165) is 5.56 Å². The number of hydrogen-bond donors (Lipinski definition) is 1. The summed E-state index contributed by atoms with van der Waals surface area (Å²) in [4.78, 5) is 10.9. The second-order valence-electron chi connectivity index (χ2n) is 3.19. The summed E-state index contributed by atoms with van der Waals surface area (Å²) >= 11 is 0. The van der Waals surface area contributed by atoms with Crippen molar-refractivity contribution in [3.63, 3.8) is 0 Å². The molecule has 0 fully saturated rings. The minimum Gasteiger partial charge on any atom is -0.321 e. The Balaban J connectivity index is 2.87. The maximum absolute atomic E-state index is 10.9. The SMILES string of the molecule is CC(=O)[C@@H](N)Cc1ccccc1C#N. The standard InChI is InChI=1S/C11H12N2O/c1-8(14)11(13)6-9-4-2-3-5-10(9)7-12/h2-5,11H,6,13H2,1H3/t11-/m0/s1. The normalized spacial score (nSPS) is 11.8. The Morgan fingerprint density at radius 3 is 2.79 bits per heavy atom. The minimum absolute atomic E-state index is 0.0576. The van der Waals surface area contributed by atoms with Gasteiger partial charge in [-0.25, -0.2) is 0 Å². The van der Waals surface area contributed by atoms with Gasteiger partial charge in [-0.15, -0.1) is 0 Å². The lowest BCUT2D eigenvalue weighted by Crippen LogP contribution is -2.30. The number of Topliss-reactive ketones (excluding diaryl/α,β-unsaturated/α-hetero) is 1. The van der Waals surface area contributed by atoms with Gasteiger partial charge in [-0.05, 0) is 25.0 Å². The van der Waals surface area contributed by atoms with Gasteiger partial charge in [0.25, 0.3) is 0 Å². The van der Waals surface area contributed by atoms with E-state index in [4.69, 9.17) is 11.0 Å². The molecular formula is C11H12N2O. The summed E-state index contributed by atoms with van der Waals surface area (Å²) in [6, 6.07) is 8.74. The lowest BCUT2D eigenvalue weighted by molar-refractivity contribution is -0.118. The summed E-state index contributed by atoms with van der Waals surface area (Å²) in [5.41, 5.74) is 7.03. The fraction of sp³-hybridized carbons (Fsp3) is 0.273. The monoisotopic (exact) mass is 188 g/mol. The van der Waals surface area contributed by atoms with Gasteiger partial charge < -0.3 is 5.73 Å². The topological polar surface area (TPSA) is 66.9 Å². The first-order valence-corrected chi connectivity index (χ1v) is 4.39. The molecule has 0 spiro atoms. The van der Waals surface area contributed by atoms with E-state index in [1.165, 1.54) is 6.92 Å². The van der Waals surface area contributed by atoms with Crippen molar-refractivity contribution >= 4 is 5.78 Å². The van der Waals surface area contributed by atoms with Gasteiger partial charge in [0.15, 0.2) is 0 Å². The van der Waals surface area contributed by atoms with Crippen molar-refractivity contribution < 1.29 is 4.79 Å². The maximum atomic E-state index is 10.9. The molecule has 0 aliphatic carbocycles. The molecule has 0 saturated heterocycles. The third kappa shape index (κ3) is 2.41. The second-order valence-corrected chi connectivity index (χ2v) is 3.19. The summed E-state index contributed by atoms with van der Waals surface area (Å²) < 4.78 is 0. The number of nitrogens with zero attached hydrogens (tertiary/aromatic N) is 1. The lowest BCUT2D eigenvalue weighted by atomic mass is 10.00. The van der Waals surface area contributed by atoms with E-state index in [1.807, 2.05) is 12.1 Å². The van der Waals surface area contributed by atoms with Crippen LogP contribution >= 0.6 is 0 Å². The van der Waals surface area contributed by atoms with Crippen molar-refractivity contribution in [2.45, 2.75) is 19.4 Å². The molecule has 1 aromatic carbocycles. The van der Waals surface area contributed by atoms with E-state index in [-0.39, 0.29) is 5.78 Å². The van der Waals surface area contributed by atoms with Crippen molar-refractivity contribution in [3.8, 4) is 6.07 Å². The van der Waals surface area contributed by atoms with E-state index < -0.39 is 6.04 Å². The third-order valence-electron chi connectivity index (χ3n) is 2.10. The molecule has 0 radical (unpaired) electrons.